The van der Waals surface area contributed by atoms with E-state index in [1.165, 1.54) is 167 Å². The molecule has 0 saturated heterocycles. The van der Waals surface area contributed by atoms with Gasteiger partial charge >= 0.3 is 7.82 Å². The summed E-state index contributed by atoms with van der Waals surface area (Å²) in [7, 11) is 1.57. The highest BCUT2D eigenvalue weighted by Gasteiger charge is 2.27. The van der Waals surface area contributed by atoms with E-state index in [-0.39, 0.29) is 19.1 Å². The number of unbranched alkanes of at least 4 members (excludes halogenated alkanes) is 32. The molecule has 0 aromatic rings. The van der Waals surface area contributed by atoms with Gasteiger partial charge in [-0.2, -0.15) is 0 Å². The number of allylic oxidation sites excluding steroid dienone is 5. The second-order valence-corrected chi connectivity index (χ2v) is 21.1. The van der Waals surface area contributed by atoms with E-state index in [0.717, 1.165) is 64.2 Å². The molecule has 0 radical (unpaired) electrons. The molecule has 63 heavy (non-hydrogen) atoms. The van der Waals surface area contributed by atoms with Crippen LogP contribution in [-0.2, 0) is 18.4 Å². The summed E-state index contributed by atoms with van der Waals surface area (Å²) >= 11 is 0. The van der Waals surface area contributed by atoms with Crippen molar-refractivity contribution in [3.8, 4) is 0 Å². The molecule has 1 amide bonds. The number of phosphoric ester groups is 1. The summed E-state index contributed by atoms with van der Waals surface area (Å²) in [4.78, 5) is 23.2. The molecular weight excluding hydrogens is 804 g/mol. The largest absolute Gasteiger partial charge is 0.472 e. The first-order chi connectivity index (χ1) is 30.5. The molecule has 0 aromatic carbocycles. The van der Waals surface area contributed by atoms with Crippen molar-refractivity contribution in [3.05, 3.63) is 36.5 Å². The number of quaternary nitrogens is 1. The molecule has 372 valence electrons. The Labute approximate surface area is 391 Å². The highest BCUT2D eigenvalue weighted by Crippen LogP contribution is 2.43. The van der Waals surface area contributed by atoms with Gasteiger partial charge in [0, 0.05) is 6.42 Å². The van der Waals surface area contributed by atoms with Crippen LogP contribution in [0.5, 0.6) is 0 Å². The molecular formula is C54H106N2O6P+. The van der Waals surface area contributed by atoms with Gasteiger partial charge in [0.1, 0.15) is 13.2 Å². The Balaban J connectivity index is 4.25. The van der Waals surface area contributed by atoms with Crippen LogP contribution >= 0.6 is 7.82 Å². The molecule has 0 aliphatic heterocycles. The first-order valence-electron chi connectivity index (χ1n) is 26.9. The van der Waals surface area contributed by atoms with Crippen molar-refractivity contribution in [2.45, 2.75) is 264 Å². The van der Waals surface area contributed by atoms with Crippen molar-refractivity contribution in [2.75, 3.05) is 40.9 Å². The average Bonchev–Trinajstić information content (AvgIpc) is 3.24. The van der Waals surface area contributed by atoms with Crippen LogP contribution in [0.2, 0.25) is 0 Å². The van der Waals surface area contributed by atoms with Gasteiger partial charge in [-0.25, -0.2) is 4.57 Å². The molecule has 0 aliphatic carbocycles. The minimum atomic E-state index is -4.35. The third-order valence-electron chi connectivity index (χ3n) is 12.1. The van der Waals surface area contributed by atoms with E-state index in [1.54, 1.807) is 6.08 Å². The van der Waals surface area contributed by atoms with Gasteiger partial charge in [-0.3, -0.25) is 13.8 Å². The summed E-state index contributed by atoms with van der Waals surface area (Å²) in [5, 5.41) is 13.9. The molecule has 0 saturated carbocycles. The zero-order valence-corrected chi connectivity index (χ0v) is 43.2. The third-order valence-corrected chi connectivity index (χ3v) is 13.1. The van der Waals surface area contributed by atoms with E-state index >= 15 is 0 Å². The molecule has 0 aromatic heterocycles. The second kappa shape index (κ2) is 45.9. The van der Waals surface area contributed by atoms with Crippen molar-refractivity contribution in [2.24, 2.45) is 0 Å². The zero-order valence-electron chi connectivity index (χ0n) is 42.3. The first kappa shape index (κ1) is 61.7. The fourth-order valence-corrected chi connectivity index (χ4v) is 8.57. The van der Waals surface area contributed by atoms with Crippen LogP contribution in [0.25, 0.3) is 0 Å². The monoisotopic (exact) mass is 910 g/mol. The molecule has 0 heterocycles. The fraction of sp³-hybridized carbons (Fsp3) is 0.870. The summed E-state index contributed by atoms with van der Waals surface area (Å²) in [6, 6.07) is -0.853. The Morgan fingerprint density at radius 3 is 1.32 bits per heavy atom. The summed E-state index contributed by atoms with van der Waals surface area (Å²) < 4.78 is 23.7. The highest BCUT2D eigenvalue weighted by atomic mass is 31.2. The first-order valence-corrected chi connectivity index (χ1v) is 28.4. The Bertz CT molecular complexity index is 1120. The SMILES string of the molecule is CCCCCC/C=C\C/C=C\CCCCCCCC(=O)NC(COP(=O)(O)OCC[N+](C)(C)C)C(O)/C=C/CCCCCCCCCCCCCCCCCCCCCCCCC. The van der Waals surface area contributed by atoms with Crippen molar-refractivity contribution >= 4 is 13.7 Å². The van der Waals surface area contributed by atoms with Crippen LogP contribution in [0.3, 0.4) is 0 Å². The van der Waals surface area contributed by atoms with E-state index in [0.29, 0.717) is 17.4 Å². The number of carbonyl (C=O) groups is 1. The van der Waals surface area contributed by atoms with E-state index in [1.807, 2.05) is 27.2 Å². The average molecular weight is 910 g/mol. The molecule has 9 heteroatoms. The summed E-state index contributed by atoms with van der Waals surface area (Å²) in [6.45, 7) is 4.81. The molecule has 0 aliphatic rings. The number of nitrogens with zero attached hydrogens (tertiary/aromatic N) is 1. The van der Waals surface area contributed by atoms with Crippen molar-refractivity contribution < 1.29 is 32.9 Å². The van der Waals surface area contributed by atoms with Crippen LogP contribution in [0.15, 0.2) is 36.5 Å². The highest BCUT2D eigenvalue weighted by molar-refractivity contribution is 7.47. The Hall–Kier alpha value is -1.28. The van der Waals surface area contributed by atoms with Crippen LogP contribution in [-0.4, -0.2) is 73.4 Å². The van der Waals surface area contributed by atoms with Crippen LogP contribution in [0, 0.1) is 0 Å². The molecule has 3 unspecified atom stereocenters. The normalized spacial score (nSPS) is 14.3. The number of nitrogens with one attached hydrogen (secondary N) is 1. The standard InChI is InChI=1S/C54H105N2O6P/c1-6-8-10-12-14-16-18-20-22-24-25-26-27-28-29-30-31-32-33-35-37-39-41-43-45-47-53(57)52(51-62-63(59,60)61-50-49-56(3,4)5)55-54(58)48-46-44-42-40-38-36-34-23-21-19-17-15-13-11-9-7-2/h17,19,23,34,45,47,52-53,57H,6-16,18,20-22,24-33,35-44,46,48-51H2,1-5H3,(H-,55,58,59,60)/p+1/b19-17-,34-23-,47-45+. The van der Waals surface area contributed by atoms with Gasteiger partial charge in [-0.05, 0) is 51.4 Å². The van der Waals surface area contributed by atoms with Crippen LogP contribution < -0.4 is 5.32 Å². The minimum Gasteiger partial charge on any atom is -0.387 e. The number of hydrogen-bond donors (Lipinski definition) is 3. The molecule has 0 spiro atoms. The Morgan fingerprint density at radius 2 is 0.905 bits per heavy atom. The fourth-order valence-electron chi connectivity index (χ4n) is 7.84. The lowest BCUT2D eigenvalue weighted by molar-refractivity contribution is -0.870. The lowest BCUT2D eigenvalue weighted by Crippen LogP contribution is -2.45. The van der Waals surface area contributed by atoms with Crippen molar-refractivity contribution in [1.82, 2.24) is 5.32 Å². The third kappa shape index (κ3) is 48.5. The lowest BCUT2D eigenvalue weighted by atomic mass is 10.0. The molecule has 8 nitrogen and oxygen atoms in total. The smallest absolute Gasteiger partial charge is 0.387 e. The number of hydrogen-bond acceptors (Lipinski definition) is 5. The van der Waals surface area contributed by atoms with Gasteiger partial charge in [-0.1, -0.05) is 230 Å². The number of phosphoric acid groups is 1. The van der Waals surface area contributed by atoms with Crippen molar-refractivity contribution in [1.29, 1.82) is 0 Å². The number of amides is 1. The van der Waals surface area contributed by atoms with Crippen LogP contribution in [0.4, 0.5) is 0 Å². The van der Waals surface area contributed by atoms with E-state index in [2.05, 4.69) is 43.5 Å². The topological polar surface area (TPSA) is 105 Å². The Morgan fingerprint density at radius 1 is 0.540 bits per heavy atom. The van der Waals surface area contributed by atoms with Crippen molar-refractivity contribution in [3.63, 3.8) is 0 Å². The number of carbonyl (C=O) groups excluding carboxylic acids is 1. The molecule has 3 N–H and O–H groups in total. The summed E-state index contributed by atoms with van der Waals surface area (Å²) in [6.07, 6.45) is 58.0. The van der Waals surface area contributed by atoms with E-state index < -0.39 is 20.0 Å². The molecule has 3 atom stereocenters. The van der Waals surface area contributed by atoms with Crippen LogP contribution in [0.1, 0.15) is 251 Å². The van der Waals surface area contributed by atoms with E-state index in [9.17, 15) is 19.4 Å². The number of rotatable bonds is 49. The number of aliphatic hydroxyl groups is 1. The zero-order chi connectivity index (χ0) is 46.4. The number of likely N-dealkylation sites (N-methyl/N-ethyl adjacent to an activating group) is 1. The minimum absolute atomic E-state index is 0.0587. The maximum absolute atomic E-state index is 12.9. The van der Waals surface area contributed by atoms with Gasteiger partial charge in [0.25, 0.3) is 0 Å². The van der Waals surface area contributed by atoms with Gasteiger partial charge in [0.05, 0.1) is 39.9 Å². The second-order valence-electron chi connectivity index (χ2n) is 19.6. The summed E-state index contributed by atoms with van der Waals surface area (Å²) in [5.74, 6) is -0.189. The van der Waals surface area contributed by atoms with E-state index in [4.69, 9.17) is 9.05 Å². The lowest BCUT2D eigenvalue weighted by Gasteiger charge is -2.25. The quantitative estimate of drug-likeness (QED) is 0.0243. The van der Waals surface area contributed by atoms with Gasteiger partial charge in [-0.15, -0.1) is 0 Å². The molecule has 0 fully saturated rings. The predicted molar refractivity (Wildman–Crippen MR) is 272 cm³/mol. The molecule has 0 bridgehead atoms. The predicted octanol–water partition coefficient (Wildman–Crippen LogP) is 15.8. The number of aliphatic hydroxyl groups excluding tert-OH is 1. The maximum Gasteiger partial charge on any atom is 0.472 e. The molecule has 0 rings (SSSR count). The van der Waals surface area contributed by atoms with Gasteiger partial charge < -0.3 is 19.8 Å². The Kier molecular flexibility index (Phi) is 44.9. The summed E-state index contributed by atoms with van der Waals surface area (Å²) in [5.41, 5.74) is 0. The maximum atomic E-state index is 12.9. The van der Waals surface area contributed by atoms with Gasteiger partial charge in [0.15, 0.2) is 0 Å². The van der Waals surface area contributed by atoms with Gasteiger partial charge in [0.2, 0.25) is 5.91 Å².